The van der Waals surface area contributed by atoms with Crippen molar-refractivity contribution in [3.05, 3.63) is 54.7 Å². The van der Waals surface area contributed by atoms with E-state index in [4.69, 9.17) is 9.47 Å². The van der Waals surface area contributed by atoms with Crippen LogP contribution in [0.4, 0.5) is 16.6 Å². The van der Waals surface area contributed by atoms with E-state index in [0.29, 0.717) is 28.2 Å². The molecule has 4 nitrogen and oxygen atoms in total. The fraction of sp³-hybridized carbons (Fsp3) is 0.158. The predicted octanol–water partition coefficient (Wildman–Crippen LogP) is 5.98. The van der Waals surface area contributed by atoms with E-state index < -0.39 is 21.7 Å². The van der Waals surface area contributed by atoms with Gasteiger partial charge in [0.1, 0.15) is 11.5 Å². The third-order valence-electron chi connectivity index (χ3n) is 4.00. The van der Waals surface area contributed by atoms with Crippen LogP contribution >= 0.6 is 10.8 Å². The van der Waals surface area contributed by atoms with Gasteiger partial charge in [-0.1, -0.05) is 12.1 Å². The first-order chi connectivity index (χ1) is 13.4. The molecule has 3 rings (SSSR count). The van der Waals surface area contributed by atoms with E-state index in [-0.39, 0.29) is 5.69 Å². The average Bonchev–Trinajstić information content (AvgIpc) is 2.73. The molecular formula is C19H16F4N2O2S. The number of aromatic nitrogens is 2. The molecule has 0 N–H and O–H groups in total. The van der Waals surface area contributed by atoms with Crippen LogP contribution in [0, 0.1) is 0 Å². The van der Waals surface area contributed by atoms with Crippen molar-refractivity contribution in [3.63, 3.8) is 0 Å². The maximum atomic E-state index is 13.9. The molecule has 0 atom stereocenters. The van der Waals surface area contributed by atoms with Gasteiger partial charge in [0.05, 0.1) is 19.9 Å². The Bertz CT molecular complexity index is 951. The van der Waals surface area contributed by atoms with Gasteiger partial charge in [-0.25, -0.2) is 9.97 Å². The summed E-state index contributed by atoms with van der Waals surface area (Å²) in [5.41, 5.74) is 1.67. The van der Waals surface area contributed by atoms with Gasteiger partial charge < -0.3 is 9.47 Å². The van der Waals surface area contributed by atoms with Crippen LogP contribution in [0.3, 0.4) is 0 Å². The van der Waals surface area contributed by atoms with E-state index in [9.17, 15) is 16.6 Å². The van der Waals surface area contributed by atoms with Gasteiger partial charge in [-0.15, -0.1) is 7.77 Å². The topological polar surface area (TPSA) is 44.2 Å². The molecule has 9 heteroatoms. The molecule has 0 amide bonds. The van der Waals surface area contributed by atoms with Gasteiger partial charge in [0.15, 0.2) is 10.8 Å². The van der Waals surface area contributed by atoms with Crippen molar-refractivity contribution >= 4 is 10.8 Å². The normalized spacial score (nSPS) is 12.1. The molecular weight excluding hydrogens is 396 g/mol. The van der Waals surface area contributed by atoms with Crippen molar-refractivity contribution in [1.82, 2.24) is 9.97 Å². The molecule has 148 valence electrons. The lowest BCUT2D eigenvalue weighted by Gasteiger charge is -2.19. The van der Waals surface area contributed by atoms with Crippen molar-refractivity contribution in [2.45, 2.75) is 10.9 Å². The Labute approximate surface area is 161 Å². The molecule has 0 fully saturated rings. The average molecular weight is 412 g/mol. The third-order valence-corrected chi connectivity index (χ3v) is 5.13. The van der Waals surface area contributed by atoms with Gasteiger partial charge in [-0.3, -0.25) is 0 Å². The highest BCUT2D eigenvalue weighted by atomic mass is 32.3. The van der Waals surface area contributed by atoms with E-state index >= 15 is 0 Å². The van der Waals surface area contributed by atoms with Gasteiger partial charge in [-0.2, -0.15) is 8.78 Å². The summed E-state index contributed by atoms with van der Waals surface area (Å²) in [6.45, 7) is 0. The van der Waals surface area contributed by atoms with Crippen LogP contribution in [-0.2, 0) is 0 Å². The monoisotopic (exact) mass is 412 g/mol. The highest BCUT2D eigenvalue weighted by Crippen LogP contribution is 2.62. The molecule has 0 aliphatic heterocycles. The summed E-state index contributed by atoms with van der Waals surface area (Å²) in [5, 5.41) is -1.15. The standard InChI is InChI=1S/C19H16F4N2O2S/c1-26-14-7-3-12(4-8-14)16-11-24-19(28(22,23)18(20)21)25-17(16)13-5-9-15(27-2)10-6-13/h3-11,18H,1-2H3. The van der Waals surface area contributed by atoms with Crippen LogP contribution in [-0.4, -0.2) is 29.9 Å². The van der Waals surface area contributed by atoms with Crippen molar-refractivity contribution in [1.29, 1.82) is 0 Å². The molecule has 1 heterocycles. The van der Waals surface area contributed by atoms with Crippen LogP contribution in [0.1, 0.15) is 0 Å². The Morgan fingerprint density at radius 2 is 1.32 bits per heavy atom. The van der Waals surface area contributed by atoms with Crippen LogP contribution in [0.25, 0.3) is 22.4 Å². The minimum absolute atomic E-state index is 0.130. The number of hydrogen-bond acceptors (Lipinski definition) is 4. The van der Waals surface area contributed by atoms with E-state index in [1.807, 2.05) is 0 Å². The predicted molar refractivity (Wildman–Crippen MR) is 100 cm³/mol. The Morgan fingerprint density at radius 1 is 0.821 bits per heavy atom. The fourth-order valence-electron chi connectivity index (χ4n) is 2.53. The lowest BCUT2D eigenvalue weighted by atomic mass is 10.0. The van der Waals surface area contributed by atoms with Gasteiger partial charge in [0, 0.05) is 17.3 Å². The number of benzene rings is 2. The van der Waals surface area contributed by atoms with E-state index in [1.165, 1.54) is 14.2 Å². The number of ether oxygens (including phenoxy) is 2. The molecule has 0 spiro atoms. The number of nitrogens with zero attached hydrogens (tertiary/aromatic N) is 2. The first-order valence-electron chi connectivity index (χ1n) is 8.02. The first kappa shape index (κ1) is 19.9. The minimum atomic E-state index is -5.43. The summed E-state index contributed by atoms with van der Waals surface area (Å²) in [6, 6.07) is 13.3. The second kappa shape index (κ2) is 8.05. The number of rotatable bonds is 6. The molecule has 0 unspecified atom stereocenters. The van der Waals surface area contributed by atoms with Crippen LogP contribution in [0.5, 0.6) is 11.5 Å². The Balaban J connectivity index is 2.17. The summed E-state index contributed by atoms with van der Waals surface area (Å²) in [6.07, 6.45) is 1.15. The summed E-state index contributed by atoms with van der Waals surface area (Å²) in [4.78, 5) is 7.38. The SMILES string of the molecule is COc1ccc(-c2cnc(S(F)(F)C(F)F)nc2-c2ccc(OC)cc2)cc1. The Kier molecular flexibility index (Phi) is 5.73. The van der Waals surface area contributed by atoms with E-state index in [2.05, 4.69) is 9.97 Å². The van der Waals surface area contributed by atoms with Gasteiger partial charge in [0.25, 0.3) is 0 Å². The van der Waals surface area contributed by atoms with Crippen LogP contribution < -0.4 is 9.47 Å². The quantitative estimate of drug-likeness (QED) is 0.369. The van der Waals surface area contributed by atoms with Gasteiger partial charge >= 0.3 is 5.76 Å². The first-order valence-corrected chi connectivity index (χ1v) is 9.52. The maximum absolute atomic E-state index is 13.9. The third kappa shape index (κ3) is 3.89. The zero-order chi connectivity index (χ0) is 20.3. The van der Waals surface area contributed by atoms with Crippen molar-refractivity contribution in [2.75, 3.05) is 14.2 Å². The van der Waals surface area contributed by atoms with E-state index in [0.717, 1.165) is 6.20 Å². The zero-order valence-electron chi connectivity index (χ0n) is 14.9. The van der Waals surface area contributed by atoms with Gasteiger partial charge in [0.2, 0.25) is 5.16 Å². The molecule has 0 saturated heterocycles. The number of methoxy groups -OCH3 is 2. The zero-order valence-corrected chi connectivity index (χ0v) is 15.7. The molecule has 0 bridgehead atoms. The number of alkyl halides is 2. The van der Waals surface area contributed by atoms with Crippen molar-refractivity contribution < 1.29 is 26.0 Å². The summed E-state index contributed by atoms with van der Waals surface area (Å²) < 4.78 is 63.6. The highest BCUT2D eigenvalue weighted by molar-refractivity contribution is 8.25. The molecule has 0 aliphatic rings. The number of halogens is 4. The maximum Gasteiger partial charge on any atom is 0.325 e. The Hall–Kier alpha value is -2.81. The largest absolute Gasteiger partial charge is 0.497 e. The molecule has 28 heavy (non-hydrogen) atoms. The summed E-state index contributed by atoms with van der Waals surface area (Å²) in [5.74, 6) is -2.66. The summed E-state index contributed by atoms with van der Waals surface area (Å²) >= 11 is 0. The lowest BCUT2D eigenvalue weighted by Crippen LogP contribution is -2.05. The molecule has 3 aromatic rings. The lowest BCUT2D eigenvalue weighted by molar-refractivity contribution is 0.231. The second-order valence-electron chi connectivity index (χ2n) is 5.64. The minimum Gasteiger partial charge on any atom is -0.497 e. The smallest absolute Gasteiger partial charge is 0.325 e. The fourth-order valence-corrected chi connectivity index (χ4v) is 3.09. The summed E-state index contributed by atoms with van der Waals surface area (Å²) in [7, 11) is -2.42. The van der Waals surface area contributed by atoms with Crippen molar-refractivity contribution in [2.24, 2.45) is 0 Å². The number of hydrogen-bond donors (Lipinski definition) is 0. The molecule has 0 radical (unpaired) electrons. The van der Waals surface area contributed by atoms with Crippen molar-refractivity contribution in [3.8, 4) is 33.9 Å². The molecule has 0 aliphatic carbocycles. The second-order valence-corrected chi connectivity index (χ2v) is 7.38. The van der Waals surface area contributed by atoms with Crippen LogP contribution in [0.15, 0.2) is 59.9 Å². The van der Waals surface area contributed by atoms with E-state index in [1.54, 1.807) is 48.5 Å². The Morgan fingerprint density at radius 3 is 1.79 bits per heavy atom. The van der Waals surface area contributed by atoms with Gasteiger partial charge in [-0.05, 0) is 42.0 Å². The molecule has 1 aromatic heterocycles. The van der Waals surface area contributed by atoms with Crippen LogP contribution in [0.2, 0.25) is 0 Å². The molecule has 0 saturated carbocycles. The highest BCUT2D eigenvalue weighted by Gasteiger charge is 2.40. The molecule has 2 aromatic carbocycles.